The predicted octanol–water partition coefficient (Wildman–Crippen LogP) is 4.08. The molecule has 0 amide bonds. The molecule has 0 radical (unpaired) electrons. The SMILES string of the molecule is COC(=O)c1c(I)[nH]c2cc(Br)c(Br)cc12. The molecule has 0 aliphatic carbocycles. The largest absolute Gasteiger partial charge is 0.465 e. The maximum atomic E-state index is 11.6. The Morgan fingerprint density at radius 2 is 2.00 bits per heavy atom. The Kier molecular flexibility index (Phi) is 3.60. The lowest BCUT2D eigenvalue weighted by molar-refractivity contribution is 0.0602. The first-order valence-corrected chi connectivity index (χ1v) is 6.95. The lowest BCUT2D eigenvalue weighted by Crippen LogP contribution is -2.02. The van der Waals surface area contributed by atoms with E-state index >= 15 is 0 Å². The van der Waals surface area contributed by atoms with Crippen LogP contribution in [-0.2, 0) is 4.74 Å². The van der Waals surface area contributed by atoms with Gasteiger partial charge in [-0.25, -0.2) is 4.79 Å². The van der Waals surface area contributed by atoms with E-state index < -0.39 is 0 Å². The average Bonchev–Trinajstić information content (AvgIpc) is 2.54. The van der Waals surface area contributed by atoms with Crippen LogP contribution < -0.4 is 0 Å². The summed E-state index contributed by atoms with van der Waals surface area (Å²) in [5.41, 5.74) is 1.48. The second-order valence-corrected chi connectivity index (χ2v) is 5.90. The molecule has 1 aromatic heterocycles. The fourth-order valence-electron chi connectivity index (χ4n) is 1.46. The van der Waals surface area contributed by atoms with Crippen LogP contribution >= 0.6 is 54.5 Å². The highest BCUT2D eigenvalue weighted by molar-refractivity contribution is 14.1. The van der Waals surface area contributed by atoms with Gasteiger partial charge in [0.15, 0.2) is 0 Å². The summed E-state index contributed by atoms with van der Waals surface area (Å²) in [5.74, 6) is -0.329. The third-order valence-corrected chi connectivity index (χ3v) is 4.84. The summed E-state index contributed by atoms with van der Waals surface area (Å²) in [6.07, 6.45) is 0. The first-order valence-electron chi connectivity index (χ1n) is 4.29. The van der Waals surface area contributed by atoms with Gasteiger partial charge in [-0.2, -0.15) is 0 Å². The predicted molar refractivity (Wildman–Crippen MR) is 77.8 cm³/mol. The summed E-state index contributed by atoms with van der Waals surface area (Å²) < 4.78 is 7.39. The molecule has 1 heterocycles. The van der Waals surface area contributed by atoms with Gasteiger partial charge in [-0.1, -0.05) is 0 Å². The molecule has 0 unspecified atom stereocenters. The Labute approximate surface area is 122 Å². The van der Waals surface area contributed by atoms with E-state index in [1.54, 1.807) is 0 Å². The van der Waals surface area contributed by atoms with Gasteiger partial charge in [0.2, 0.25) is 0 Å². The van der Waals surface area contributed by atoms with Gasteiger partial charge < -0.3 is 9.72 Å². The van der Waals surface area contributed by atoms with Crippen molar-refractivity contribution in [3.05, 3.63) is 30.3 Å². The maximum absolute atomic E-state index is 11.6. The van der Waals surface area contributed by atoms with Crippen molar-refractivity contribution in [2.75, 3.05) is 7.11 Å². The number of nitrogens with one attached hydrogen (secondary N) is 1. The van der Waals surface area contributed by atoms with Gasteiger partial charge in [0.25, 0.3) is 0 Å². The molecule has 6 heteroatoms. The number of rotatable bonds is 1. The highest BCUT2D eigenvalue weighted by atomic mass is 127. The minimum absolute atomic E-state index is 0.329. The first kappa shape index (κ1) is 12.4. The number of methoxy groups -OCH3 is 1. The monoisotopic (exact) mass is 457 g/mol. The van der Waals surface area contributed by atoms with Crippen molar-refractivity contribution in [2.24, 2.45) is 0 Å². The van der Waals surface area contributed by atoms with E-state index in [0.29, 0.717) is 5.56 Å². The molecule has 84 valence electrons. The molecular formula is C10H6Br2INO2. The Morgan fingerprint density at radius 1 is 1.38 bits per heavy atom. The fraction of sp³-hybridized carbons (Fsp3) is 0.100. The number of H-pyrrole nitrogens is 1. The number of hydrogen-bond donors (Lipinski definition) is 1. The summed E-state index contributed by atoms with van der Waals surface area (Å²) in [6.45, 7) is 0. The maximum Gasteiger partial charge on any atom is 0.341 e. The lowest BCUT2D eigenvalue weighted by Gasteiger charge is -1.99. The number of aromatic amines is 1. The molecule has 1 N–H and O–H groups in total. The fourth-order valence-corrected chi connectivity index (χ4v) is 2.95. The molecule has 0 atom stereocenters. The Hall–Kier alpha value is -0.0800. The van der Waals surface area contributed by atoms with Crippen molar-refractivity contribution in [1.82, 2.24) is 4.98 Å². The van der Waals surface area contributed by atoms with Gasteiger partial charge >= 0.3 is 5.97 Å². The summed E-state index contributed by atoms with van der Waals surface area (Å²) in [5, 5.41) is 0.853. The van der Waals surface area contributed by atoms with E-state index in [4.69, 9.17) is 4.74 Å². The minimum atomic E-state index is -0.329. The number of ether oxygens (including phenoxy) is 1. The quantitative estimate of drug-likeness (QED) is 0.517. The summed E-state index contributed by atoms with van der Waals surface area (Å²) >= 11 is 8.92. The third-order valence-electron chi connectivity index (χ3n) is 2.18. The smallest absolute Gasteiger partial charge is 0.341 e. The van der Waals surface area contributed by atoms with Gasteiger partial charge in [-0.15, -0.1) is 0 Å². The Balaban J connectivity index is 2.79. The molecule has 16 heavy (non-hydrogen) atoms. The molecule has 2 aromatic rings. The highest BCUT2D eigenvalue weighted by Crippen LogP contribution is 2.32. The zero-order valence-electron chi connectivity index (χ0n) is 8.11. The van der Waals surface area contributed by atoms with Crippen molar-refractivity contribution >= 4 is 71.3 Å². The molecule has 0 fully saturated rings. The number of carbonyl (C=O) groups is 1. The minimum Gasteiger partial charge on any atom is -0.465 e. The van der Waals surface area contributed by atoms with Crippen LogP contribution in [0.25, 0.3) is 10.9 Å². The third kappa shape index (κ3) is 2.02. The molecule has 3 nitrogen and oxygen atoms in total. The van der Waals surface area contributed by atoms with Crippen LogP contribution in [0.2, 0.25) is 0 Å². The second kappa shape index (κ2) is 4.66. The van der Waals surface area contributed by atoms with E-state index in [9.17, 15) is 4.79 Å². The van der Waals surface area contributed by atoms with Gasteiger partial charge in [-0.05, 0) is 66.6 Å². The van der Waals surface area contributed by atoms with Crippen LogP contribution in [-0.4, -0.2) is 18.1 Å². The number of aromatic nitrogens is 1. The summed E-state index contributed by atoms with van der Waals surface area (Å²) in [4.78, 5) is 14.8. The summed E-state index contributed by atoms with van der Waals surface area (Å²) in [7, 11) is 1.38. The number of fused-ring (bicyclic) bond motifs is 1. The molecular weight excluding hydrogens is 453 g/mol. The molecule has 0 aliphatic rings. The molecule has 0 bridgehead atoms. The Morgan fingerprint density at radius 3 is 2.62 bits per heavy atom. The van der Waals surface area contributed by atoms with Gasteiger partial charge in [0.1, 0.15) is 0 Å². The number of carbonyl (C=O) groups excluding carboxylic acids is 1. The van der Waals surface area contributed by atoms with Crippen LogP contribution in [0.5, 0.6) is 0 Å². The molecule has 0 spiro atoms. The van der Waals surface area contributed by atoms with Gasteiger partial charge in [-0.3, -0.25) is 0 Å². The van der Waals surface area contributed by atoms with Gasteiger partial charge in [0, 0.05) is 19.8 Å². The molecule has 2 rings (SSSR count). The Bertz CT molecular complexity index is 580. The number of benzene rings is 1. The number of hydrogen-bond acceptors (Lipinski definition) is 2. The van der Waals surface area contributed by atoms with Gasteiger partial charge in [0.05, 0.1) is 16.4 Å². The summed E-state index contributed by atoms with van der Waals surface area (Å²) in [6, 6.07) is 3.82. The van der Waals surface area contributed by atoms with Crippen LogP contribution in [0, 0.1) is 3.70 Å². The number of halogens is 3. The van der Waals surface area contributed by atoms with E-state index in [0.717, 1.165) is 23.5 Å². The van der Waals surface area contributed by atoms with Crippen molar-refractivity contribution in [2.45, 2.75) is 0 Å². The standard InChI is InChI=1S/C10H6Br2INO2/c1-16-10(15)8-4-2-5(11)6(12)3-7(4)14-9(8)13/h2-3,14H,1H3. The lowest BCUT2D eigenvalue weighted by atomic mass is 10.2. The normalized spacial score (nSPS) is 10.8. The van der Waals surface area contributed by atoms with E-state index in [1.807, 2.05) is 12.1 Å². The van der Waals surface area contributed by atoms with Crippen molar-refractivity contribution in [1.29, 1.82) is 0 Å². The topological polar surface area (TPSA) is 42.1 Å². The highest BCUT2D eigenvalue weighted by Gasteiger charge is 2.18. The van der Waals surface area contributed by atoms with Crippen LogP contribution in [0.15, 0.2) is 21.1 Å². The molecule has 0 aliphatic heterocycles. The first-order chi connectivity index (χ1) is 7.54. The van der Waals surface area contributed by atoms with Crippen molar-refractivity contribution in [3.63, 3.8) is 0 Å². The zero-order chi connectivity index (χ0) is 11.9. The van der Waals surface area contributed by atoms with E-state index in [2.05, 4.69) is 59.4 Å². The zero-order valence-corrected chi connectivity index (χ0v) is 13.4. The molecule has 0 saturated carbocycles. The van der Waals surface area contributed by atoms with E-state index in [-0.39, 0.29) is 5.97 Å². The van der Waals surface area contributed by atoms with Crippen molar-refractivity contribution < 1.29 is 9.53 Å². The van der Waals surface area contributed by atoms with Crippen LogP contribution in [0.3, 0.4) is 0 Å². The molecule has 0 saturated heterocycles. The number of esters is 1. The average molecular weight is 459 g/mol. The van der Waals surface area contributed by atoms with Crippen molar-refractivity contribution in [3.8, 4) is 0 Å². The molecule has 1 aromatic carbocycles. The van der Waals surface area contributed by atoms with Crippen LogP contribution in [0.1, 0.15) is 10.4 Å². The van der Waals surface area contributed by atoms with Crippen LogP contribution in [0.4, 0.5) is 0 Å². The second-order valence-electron chi connectivity index (χ2n) is 3.12. The van der Waals surface area contributed by atoms with E-state index in [1.165, 1.54) is 7.11 Å².